The van der Waals surface area contributed by atoms with Crippen LogP contribution in [0.2, 0.25) is 0 Å². The molecule has 0 spiro atoms. The van der Waals surface area contributed by atoms with Crippen LogP contribution in [-0.2, 0) is 6.61 Å². The number of amides is 1. The summed E-state index contributed by atoms with van der Waals surface area (Å²) in [6.45, 7) is 4.61. The Morgan fingerprint density at radius 2 is 1.81 bits per heavy atom. The fourth-order valence-electron chi connectivity index (χ4n) is 3.10. The second-order valence-corrected chi connectivity index (χ2v) is 7.51. The molecule has 3 rings (SSSR count). The number of hydrogen-bond acceptors (Lipinski definition) is 3. The highest BCUT2D eigenvalue weighted by Crippen LogP contribution is 2.35. The molecule has 2 aromatic rings. The van der Waals surface area contributed by atoms with Gasteiger partial charge in [0.15, 0.2) is 11.5 Å². The van der Waals surface area contributed by atoms with Crippen LogP contribution in [0.1, 0.15) is 42.1 Å². The van der Waals surface area contributed by atoms with E-state index < -0.39 is 0 Å². The largest absolute Gasteiger partial charge is 0.490 e. The molecule has 2 aromatic carbocycles. The Morgan fingerprint density at radius 3 is 2.50 bits per heavy atom. The Balaban J connectivity index is 1.81. The SMILES string of the molecule is CCOc1cc(C(=O)N2CCCCC2)cc(I)c1OCc1ccccc1. The number of halogens is 1. The summed E-state index contributed by atoms with van der Waals surface area (Å²) in [5.41, 5.74) is 1.77. The summed E-state index contributed by atoms with van der Waals surface area (Å²) in [4.78, 5) is 14.8. The molecule has 0 aliphatic carbocycles. The smallest absolute Gasteiger partial charge is 0.254 e. The van der Waals surface area contributed by atoms with Crippen LogP contribution in [0.5, 0.6) is 11.5 Å². The topological polar surface area (TPSA) is 38.8 Å². The maximum atomic E-state index is 12.8. The summed E-state index contributed by atoms with van der Waals surface area (Å²) >= 11 is 2.22. The molecule has 1 saturated heterocycles. The van der Waals surface area contributed by atoms with Crippen LogP contribution in [0.3, 0.4) is 0 Å². The molecular formula is C21H24INO3. The molecular weight excluding hydrogens is 441 g/mol. The Morgan fingerprint density at radius 1 is 1.08 bits per heavy atom. The molecule has 5 heteroatoms. The quantitative estimate of drug-likeness (QED) is 0.570. The first-order valence-corrected chi connectivity index (χ1v) is 10.2. The van der Waals surface area contributed by atoms with E-state index in [9.17, 15) is 4.79 Å². The summed E-state index contributed by atoms with van der Waals surface area (Å²) in [6, 6.07) is 13.8. The Hall–Kier alpha value is -1.76. The first-order valence-electron chi connectivity index (χ1n) is 9.11. The van der Waals surface area contributed by atoms with Crippen molar-refractivity contribution in [3.05, 3.63) is 57.2 Å². The average molecular weight is 465 g/mol. The predicted molar refractivity (Wildman–Crippen MR) is 111 cm³/mol. The molecule has 0 saturated carbocycles. The lowest BCUT2D eigenvalue weighted by Crippen LogP contribution is -2.35. The number of rotatable bonds is 6. The molecule has 1 heterocycles. The highest BCUT2D eigenvalue weighted by atomic mass is 127. The van der Waals surface area contributed by atoms with Crippen molar-refractivity contribution in [1.29, 1.82) is 0 Å². The third kappa shape index (κ3) is 4.69. The maximum Gasteiger partial charge on any atom is 0.254 e. The van der Waals surface area contributed by atoms with E-state index in [0.29, 0.717) is 30.3 Å². The maximum absolute atomic E-state index is 12.8. The second kappa shape index (κ2) is 9.26. The number of ether oxygens (including phenoxy) is 2. The van der Waals surface area contributed by atoms with E-state index in [4.69, 9.17) is 9.47 Å². The molecule has 1 amide bonds. The molecule has 0 unspecified atom stereocenters. The van der Waals surface area contributed by atoms with Crippen LogP contribution >= 0.6 is 22.6 Å². The summed E-state index contributed by atoms with van der Waals surface area (Å²) < 4.78 is 12.7. The number of carbonyl (C=O) groups is 1. The average Bonchev–Trinajstić information content (AvgIpc) is 2.68. The van der Waals surface area contributed by atoms with Crippen molar-refractivity contribution in [2.75, 3.05) is 19.7 Å². The molecule has 0 atom stereocenters. The van der Waals surface area contributed by atoms with Gasteiger partial charge in [-0.2, -0.15) is 0 Å². The number of carbonyl (C=O) groups excluding carboxylic acids is 1. The van der Waals surface area contributed by atoms with Gasteiger partial charge in [-0.25, -0.2) is 0 Å². The van der Waals surface area contributed by atoms with Crippen molar-refractivity contribution >= 4 is 28.5 Å². The van der Waals surface area contributed by atoms with Crippen molar-refractivity contribution in [2.45, 2.75) is 32.8 Å². The number of nitrogens with zero attached hydrogens (tertiary/aromatic N) is 1. The first-order chi connectivity index (χ1) is 12.7. The van der Waals surface area contributed by atoms with Crippen molar-refractivity contribution in [1.82, 2.24) is 4.90 Å². The molecule has 4 nitrogen and oxygen atoms in total. The van der Waals surface area contributed by atoms with E-state index in [1.807, 2.05) is 54.3 Å². The third-order valence-corrected chi connectivity index (χ3v) is 5.23. The monoisotopic (exact) mass is 465 g/mol. The summed E-state index contributed by atoms with van der Waals surface area (Å²) in [5, 5.41) is 0. The van der Waals surface area contributed by atoms with Gasteiger partial charge in [-0.1, -0.05) is 30.3 Å². The minimum atomic E-state index is 0.0816. The van der Waals surface area contributed by atoms with Gasteiger partial charge in [-0.05, 0) is 66.5 Å². The zero-order valence-electron chi connectivity index (χ0n) is 15.0. The van der Waals surface area contributed by atoms with Crippen LogP contribution in [-0.4, -0.2) is 30.5 Å². The Kier molecular flexibility index (Phi) is 6.77. The summed E-state index contributed by atoms with van der Waals surface area (Å²) in [7, 11) is 0. The molecule has 0 radical (unpaired) electrons. The molecule has 1 fully saturated rings. The molecule has 1 aliphatic heterocycles. The minimum Gasteiger partial charge on any atom is -0.490 e. The number of hydrogen-bond donors (Lipinski definition) is 0. The van der Waals surface area contributed by atoms with E-state index in [2.05, 4.69) is 22.6 Å². The lowest BCUT2D eigenvalue weighted by Gasteiger charge is -2.27. The molecule has 0 N–H and O–H groups in total. The fourth-order valence-corrected chi connectivity index (χ4v) is 3.86. The molecule has 1 aliphatic rings. The Bertz CT molecular complexity index is 742. The van der Waals surface area contributed by atoms with Gasteiger partial charge >= 0.3 is 0 Å². The van der Waals surface area contributed by atoms with Crippen molar-refractivity contribution in [2.24, 2.45) is 0 Å². The van der Waals surface area contributed by atoms with E-state index in [0.717, 1.165) is 35.1 Å². The van der Waals surface area contributed by atoms with E-state index in [-0.39, 0.29) is 5.91 Å². The standard InChI is InChI=1S/C21H24INO3/c1-2-25-19-14-17(21(24)23-11-7-4-8-12-23)13-18(22)20(19)26-15-16-9-5-3-6-10-16/h3,5-6,9-10,13-14H,2,4,7-8,11-12,15H2,1H3. The van der Waals surface area contributed by atoms with Gasteiger partial charge < -0.3 is 14.4 Å². The lowest BCUT2D eigenvalue weighted by atomic mass is 10.1. The van der Waals surface area contributed by atoms with Crippen LogP contribution in [0.25, 0.3) is 0 Å². The minimum absolute atomic E-state index is 0.0816. The van der Waals surface area contributed by atoms with Gasteiger partial charge in [0.25, 0.3) is 5.91 Å². The van der Waals surface area contributed by atoms with E-state index in [1.54, 1.807) is 0 Å². The Labute approximate surface area is 168 Å². The highest BCUT2D eigenvalue weighted by molar-refractivity contribution is 14.1. The van der Waals surface area contributed by atoms with Gasteiger partial charge in [0.2, 0.25) is 0 Å². The predicted octanol–water partition coefficient (Wildman–Crippen LogP) is 4.90. The van der Waals surface area contributed by atoms with Gasteiger partial charge in [-0.3, -0.25) is 4.79 Å². The molecule has 26 heavy (non-hydrogen) atoms. The number of benzene rings is 2. The third-order valence-electron chi connectivity index (χ3n) is 4.43. The zero-order chi connectivity index (χ0) is 18.4. The van der Waals surface area contributed by atoms with Gasteiger partial charge in [0, 0.05) is 18.7 Å². The summed E-state index contributed by atoms with van der Waals surface area (Å²) in [5.74, 6) is 1.42. The van der Waals surface area contributed by atoms with Crippen LogP contribution < -0.4 is 9.47 Å². The number of piperidine rings is 1. The van der Waals surface area contributed by atoms with Crippen molar-refractivity contribution < 1.29 is 14.3 Å². The van der Waals surface area contributed by atoms with Crippen LogP contribution in [0.4, 0.5) is 0 Å². The highest BCUT2D eigenvalue weighted by Gasteiger charge is 2.21. The van der Waals surface area contributed by atoms with Crippen LogP contribution in [0, 0.1) is 3.57 Å². The lowest BCUT2D eigenvalue weighted by molar-refractivity contribution is 0.0723. The van der Waals surface area contributed by atoms with Gasteiger partial charge in [0.05, 0.1) is 10.2 Å². The number of likely N-dealkylation sites (tertiary alicyclic amines) is 1. The van der Waals surface area contributed by atoms with Crippen molar-refractivity contribution in [3.63, 3.8) is 0 Å². The second-order valence-electron chi connectivity index (χ2n) is 6.35. The fraction of sp³-hybridized carbons (Fsp3) is 0.381. The van der Waals surface area contributed by atoms with Gasteiger partial charge in [0.1, 0.15) is 6.61 Å². The zero-order valence-corrected chi connectivity index (χ0v) is 17.2. The summed E-state index contributed by atoms with van der Waals surface area (Å²) in [6.07, 6.45) is 3.37. The van der Waals surface area contributed by atoms with E-state index >= 15 is 0 Å². The first kappa shape index (κ1) is 19.0. The van der Waals surface area contributed by atoms with Crippen LogP contribution in [0.15, 0.2) is 42.5 Å². The van der Waals surface area contributed by atoms with E-state index in [1.165, 1.54) is 6.42 Å². The molecule has 0 bridgehead atoms. The molecule has 0 aromatic heterocycles. The molecule has 138 valence electrons. The van der Waals surface area contributed by atoms with Gasteiger partial charge in [-0.15, -0.1) is 0 Å². The van der Waals surface area contributed by atoms with Crippen molar-refractivity contribution in [3.8, 4) is 11.5 Å². The normalized spacial score (nSPS) is 14.2.